The van der Waals surface area contributed by atoms with Gasteiger partial charge in [-0.25, -0.2) is 18.1 Å². The van der Waals surface area contributed by atoms with E-state index < -0.39 is 27.3 Å². The van der Waals surface area contributed by atoms with Crippen LogP contribution in [0.25, 0.3) is 16.6 Å². The maximum Gasteiger partial charge on any atom is 0.306 e. The first kappa shape index (κ1) is 22.5. The number of ether oxygens (including phenoxy) is 1. The Kier molecular flexibility index (Phi) is 5.66. The number of carbonyl (C=O) groups is 1. The summed E-state index contributed by atoms with van der Waals surface area (Å²) < 4.78 is 33.6. The van der Waals surface area contributed by atoms with E-state index in [0.29, 0.717) is 23.3 Å². The number of aromatic amines is 1. The molecule has 172 valence electrons. The van der Waals surface area contributed by atoms with Crippen molar-refractivity contribution in [3.05, 3.63) is 57.9 Å². The van der Waals surface area contributed by atoms with E-state index in [1.165, 1.54) is 16.6 Å². The Balaban J connectivity index is 1.79. The number of sulfone groups is 1. The predicted molar refractivity (Wildman–Crippen MR) is 119 cm³/mol. The summed E-state index contributed by atoms with van der Waals surface area (Å²) in [7, 11) is -4.05. The van der Waals surface area contributed by atoms with Gasteiger partial charge in [0.25, 0.3) is 5.56 Å². The first-order valence-electron chi connectivity index (χ1n) is 10.2. The van der Waals surface area contributed by atoms with Gasteiger partial charge in [0.2, 0.25) is 14.9 Å². The van der Waals surface area contributed by atoms with Gasteiger partial charge in [0.05, 0.1) is 28.3 Å². The van der Waals surface area contributed by atoms with Crippen molar-refractivity contribution in [3.8, 4) is 5.75 Å². The SMILES string of the molecule is Cc1ccc(S(=O)(=O)c2n[nH]n3c2nc(=O)c2ccc(OCCC(C)C(=O)O)cc23)c(C)c1. The highest BCUT2D eigenvalue weighted by Crippen LogP contribution is 2.27. The fourth-order valence-corrected chi connectivity index (χ4v) is 5.02. The molecule has 0 bridgehead atoms. The second-order valence-electron chi connectivity index (χ2n) is 7.92. The Morgan fingerprint density at radius 2 is 1.97 bits per heavy atom. The lowest BCUT2D eigenvalue weighted by Gasteiger charge is -2.10. The third kappa shape index (κ3) is 4.07. The molecule has 1 unspecified atom stereocenters. The van der Waals surface area contributed by atoms with E-state index in [-0.39, 0.29) is 27.6 Å². The Labute approximate surface area is 188 Å². The highest BCUT2D eigenvalue weighted by molar-refractivity contribution is 7.91. The van der Waals surface area contributed by atoms with Crippen LogP contribution in [-0.4, -0.2) is 45.9 Å². The summed E-state index contributed by atoms with van der Waals surface area (Å²) in [6.07, 6.45) is 0.307. The molecule has 4 rings (SSSR count). The number of aryl methyl sites for hydroxylation is 2. The number of hydrogen-bond acceptors (Lipinski definition) is 7. The lowest BCUT2D eigenvalue weighted by atomic mass is 10.1. The summed E-state index contributed by atoms with van der Waals surface area (Å²) in [4.78, 5) is 27.7. The average molecular weight is 471 g/mol. The van der Waals surface area contributed by atoms with Crippen molar-refractivity contribution in [2.45, 2.75) is 37.1 Å². The Morgan fingerprint density at radius 1 is 1.21 bits per heavy atom. The van der Waals surface area contributed by atoms with Gasteiger partial charge in [0, 0.05) is 6.07 Å². The number of carboxylic acid groups (broad SMARTS) is 1. The maximum atomic E-state index is 13.3. The highest BCUT2D eigenvalue weighted by atomic mass is 32.2. The number of nitrogens with one attached hydrogen (secondary N) is 1. The predicted octanol–water partition coefficient (Wildman–Crippen LogP) is 2.51. The Morgan fingerprint density at radius 3 is 2.67 bits per heavy atom. The quantitative estimate of drug-likeness (QED) is 0.419. The number of hydrogen-bond donors (Lipinski definition) is 2. The van der Waals surface area contributed by atoms with Gasteiger partial charge >= 0.3 is 5.97 Å². The van der Waals surface area contributed by atoms with Crippen LogP contribution in [0, 0.1) is 19.8 Å². The number of carboxylic acids is 1. The summed E-state index contributed by atoms with van der Waals surface area (Å²) in [6, 6.07) is 9.61. The molecular weight excluding hydrogens is 448 g/mol. The summed E-state index contributed by atoms with van der Waals surface area (Å²) >= 11 is 0. The van der Waals surface area contributed by atoms with Crippen molar-refractivity contribution in [2.24, 2.45) is 5.92 Å². The fraction of sp³-hybridized carbons (Fsp3) is 0.273. The lowest BCUT2D eigenvalue weighted by Crippen LogP contribution is -2.14. The minimum atomic E-state index is -4.05. The largest absolute Gasteiger partial charge is 0.493 e. The summed E-state index contributed by atoms with van der Waals surface area (Å²) in [6.45, 7) is 5.31. The summed E-state index contributed by atoms with van der Waals surface area (Å²) in [5, 5.41) is 15.5. The number of fused-ring (bicyclic) bond motifs is 3. The van der Waals surface area contributed by atoms with Gasteiger partial charge in [0.1, 0.15) is 5.75 Å². The number of nitrogens with zero attached hydrogens (tertiary/aromatic N) is 3. The molecule has 10 nitrogen and oxygen atoms in total. The summed E-state index contributed by atoms with van der Waals surface area (Å²) in [5.41, 5.74) is 1.09. The van der Waals surface area contributed by atoms with Crippen LogP contribution in [-0.2, 0) is 14.6 Å². The van der Waals surface area contributed by atoms with Crippen molar-refractivity contribution in [1.82, 2.24) is 19.8 Å². The third-order valence-corrected chi connectivity index (χ3v) is 7.24. The zero-order valence-electron chi connectivity index (χ0n) is 18.2. The molecule has 0 spiro atoms. The number of H-pyrrole nitrogens is 1. The van der Waals surface area contributed by atoms with E-state index >= 15 is 0 Å². The topological polar surface area (TPSA) is 144 Å². The van der Waals surface area contributed by atoms with Crippen LogP contribution in [0.1, 0.15) is 24.5 Å². The van der Waals surface area contributed by atoms with Crippen molar-refractivity contribution < 1.29 is 23.1 Å². The van der Waals surface area contributed by atoms with Gasteiger partial charge in [-0.05, 0) is 44.0 Å². The molecule has 0 aliphatic carbocycles. The fourth-order valence-electron chi connectivity index (χ4n) is 3.54. The highest BCUT2D eigenvalue weighted by Gasteiger charge is 2.27. The van der Waals surface area contributed by atoms with Crippen LogP contribution < -0.4 is 10.3 Å². The maximum absolute atomic E-state index is 13.3. The molecule has 33 heavy (non-hydrogen) atoms. The standard InChI is InChI=1S/C22H22N4O6S/c1-12-4-7-18(14(3)10-12)33(30,31)21-19-23-20(27)16-6-5-15(11-17(16)26(19)25-24-21)32-9-8-13(2)22(28)29/h4-7,10-11,13,25H,8-9H2,1-3H3,(H,28,29). The molecule has 0 amide bonds. The second-order valence-corrected chi connectivity index (χ2v) is 9.75. The van der Waals surface area contributed by atoms with Crippen LogP contribution in [0.2, 0.25) is 0 Å². The molecule has 0 saturated carbocycles. The first-order chi connectivity index (χ1) is 15.6. The Bertz CT molecular complexity index is 1550. The van der Waals surface area contributed by atoms with Crippen molar-refractivity contribution in [1.29, 1.82) is 0 Å². The van der Waals surface area contributed by atoms with Gasteiger partial charge in [0.15, 0.2) is 5.65 Å². The normalized spacial score (nSPS) is 12.8. The van der Waals surface area contributed by atoms with E-state index in [2.05, 4.69) is 15.3 Å². The number of rotatable bonds is 7. The molecule has 2 heterocycles. The van der Waals surface area contributed by atoms with Gasteiger partial charge in [-0.3, -0.25) is 9.59 Å². The van der Waals surface area contributed by atoms with Crippen LogP contribution >= 0.6 is 0 Å². The lowest BCUT2D eigenvalue weighted by molar-refractivity contribution is -0.141. The van der Waals surface area contributed by atoms with Crippen LogP contribution in [0.5, 0.6) is 5.75 Å². The summed E-state index contributed by atoms with van der Waals surface area (Å²) in [5.74, 6) is -1.08. The first-order valence-corrected chi connectivity index (χ1v) is 11.7. The van der Waals surface area contributed by atoms with E-state index in [1.807, 2.05) is 6.92 Å². The molecule has 1 atom stereocenters. The van der Waals surface area contributed by atoms with Gasteiger partial charge in [-0.2, -0.15) is 4.98 Å². The van der Waals surface area contributed by atoms with Crippen molar-refractivity contribution in [3.63, 3.8) is 0 Å². The van der Waals surface area contributed by atoms with Gasteiger partial charge in [-0.1, -0.05) is 24.6 Å². The second kappa shape index (κ2) is 8.32. The zero-order chi connectivity index (χ0) is 23.9. The van der Waals surface area contributed by atoms with Crippen molar-refractivity contribution in [2.75, 3.05) is 6.61 Å². The average Bonchev–Trinajstić information content (AvgIpc) is 3.18. The van der Waals surface area contributed by atoms with Crippen LogP contribution in [0.4, 0.5) is 0 Å². The molecule has 0 aliphatic heterocycles. The van der Waals surface area contributed by atoms with E-state index in [1.54, 1.807) is 38.1 Å². The third-order valence-electron chi connectivity index (χ3n) is 5.42. The number of aromatic nitrogens is 4. The minimum absolute atomic E-state index is 0.0843. The number of benzene rings is 2. The molecule has 2 N–H and O–H groups in total. The van der Waals surface area contributed by atoms with Crippen molar-refractivity contribution >= 4 is 32.4 Å². The molecule has 0 aliphatic rings. The molecular formula is C22H22N4O6S. The molecule has 2 aromatic heterocycles. The zero-order valence-corrected chi connectivity index (χ0v) is 19.0. The Hall–Kier alpha value is -3.73. The molecule has 0 fully saturated rings. The van der Waals surface area contributed by atoms with E-state index in [4.69, 9.17) is 9.84 Å². The van der Waals surface area contributed by atoms with Gasteiger partial charge in [-0.15, -0.1) is 5.10 Å². The van der Waals surface area contributed by atoms with Crippen LogP contribution in [0.15, 0.2) is 51.1 Å². The molecule has 4 aromatic rings. The molecule has 11 heteroatoms. The molecule has 0 radical (unpaired) electrons. The van der Waals surface area contributed by atoms with E-state index in [0.717, 1.165) is 5.56 Å². The number of aliphatic carboxylic acids is 1. The van der Waals surface area contributed by atoms with E-state index in [9.17, 15) is 18.0 Å². The molecule has 2 aromatic carbocycles. The smallest absolute Gasteiger partial charge is 0.306 e. The monoisotopic (exact) mass is 470 g/mol. The minimum Gasteiger partial charge on any atom is -0.493 e. The van der Waals surface area contributed by atoms with Gasteiger partial charge < -0.3 is 9.84 Å². The molecule has 0 saturated heterocycles. The van der Waals surface area contributed by atoms with Crippen LogP contribution in [0.3, 0.4) is 0 Å².